The molecule has 3 rings (SSSR count). The molecule has 7 nitrogen and oxygen atoms in total. The summed E-state index contributed by atoms with van der Waals surface area (Å²) in [6.07, 6.45) is 0.730. The molecule has 1 amide bonds. The van der Waals surface area contributed by atoms with Crippen LogP contribution < -0.4 is 10.9 Å². The molecule has 0 unspecified atom stereocenters. The zero-order chi connectivity index (χ0) is 20.5. The Bertz CT molecular complexity index is 1200. The zero-order valence-corrected chi connectivity index (χ0v) is 16.6. The number of sulfonamides is 1. The number of aromatic nitrogens is 1. The van der Waals surface area contributed by atoms with E-state index in [2.05, 4.69) is 10.3 Å². The van der Waals surface area contributed by atoms with Crippen LogP contribution in [0.1, 0.15) is 22.8 Å². The van der Waals surface area contributed by atoms with Gasteiger partial charge in [0.15, 0.2) is 0 Å². The first-order chi connectivity index (χ1) is 13.2. The van der Waals surface area contributed by atoms with Crippen LogP contribution in [0.2, 0.25) is 0 Å². The number of hydrogen-bond acceptors (Lipinski definition) is 4. The number of carbonyl (C=O) groups excluding carboxylic acids is 1. The number of nitrogens with zero attached hydrogens (tertiary/aromatic N) is 1. The van der Waals surface area contributed by atoms with Gasteiger partial charge in [-0.05, 0) is 48.4 Å². The molecule has 3 aromatic rings. The average molecular weight is 399 g/mol. The Hall–Kier alpha value is -2.97. The fraction of sp³-hybridized carbons (Fsp3) is 0.200. The van der Waals surface area contributed by atoms with Crippen molar-refractivity contribution in [3.05, 3.63) is 70.0 Å². The molecule has 0 fully saturated rings. The Morgan fingerprint density at radius 1 is 1.07 bits per heavy atom. The van der Waals surface area contributed by atoms with Crippen molar-refractivity contribution in [2.24, 2.45) is 0 Å². The predicted molar refractivity (Wildman–Crippen MR) is 109 cm³/mol. The lowest BCUT2D eigenvalue weighted by atomic mass is 10.1. The van der Waals surface area contributed by atoms with E-state index in [0.29, 0.717) is 16.8 Å². The number of rotatable bonds is 5. The number of hydrogen-bond donors (Lipinski definition) is 2. The Labute approximate surface area is 163 Å². The van der Waals surface area contributed by atoms with Crippen LogP contribution in [0.3, 0.4) is 0 Å². The number of aryl methyl sites for hydroxylation is 1. The van der Waals surface area contributed by atoms with Crippen LogP contribution in [-0.4, -0.2) is 37.7 Å². The smallest absolute Gasteiger partial charge is 0.255 e. The van der Waals surface area contributed by atoms with Crippen LogP contribution in [-0.2, 0) is 16.4 Å². The standard InChI is InChI=1S/C20H21N3O4S/c1-4-13-11-19(24)22-18-12-15(7-10-17(13)18)21-20(25)14-5-8-16(9-6-14)28(26,27)23(2)3/h5-12H,4H2,1-3H3,(H,21,25)(H,22,24). The molecule has 0 aliphatic rings. The number of carbonyl (C=O) groups is 1. The van der Waals surface area contributed by atoms with E-state index in [0.717, 1.165) is 21.7 Å². The lowest BCUT2D eigenvalue weighted by Gasteiger charge is -2.12. The van der Waals surface area contributed by atoms with Gasteiger partial charge in [0.05, 0.1) is 10.4 Å². The van der Waals surface area contributed by atoms with Crippen molar-refractivity contribution >= 4 is 32.5 Å². The molecule has 1 aromatic heterocycles. The molecule has 0 radical (unpaired) electrons. The number of aromatic amines is 1. The second kappa shape index (κ2) is 7.57. The van der Waals surface area contributed by atoms with Gasteiger partial charge in [-0.15, -0.1) is 0 Å². The fourth-order valence-corrected chi connectivity index (χ4v) is 3.80. The van der Waals surface area contributed by atoms with Crippen LogP contribution in [0.15, 0.2) is 58.2 Å². The van der Waals surface area contributed by atoms with Gasteiger partial charge in [-0.25, -0.2) is 12.7 Å². The van der Waals surface area contributed by atoms with Gasteiger partial charge in [-0.1, -0.05) is 13.0 Å². The van der Waals surface area contributed by atoms with Gasteiger partial charge in [-0.3, -0.25) is 9.59 Å². The minimum atomic E-state index is -3.55. The summed E-state index contributed by atoms with van der Waals surface area (Å²) in [5.41, 5.74) is 2.26. The quantitative estimate of drug-likeness (QED) is 0.689. The van der Waals surface area contributed by atoms with Crippen molar-refractivity contribution in [3.8, 4) is 0 Å². The molecule has 0 saturated carbocycles. The first kappa shape index (κ1) is 19.8. The maximum atomic E-state index is 12.5. The van der Waals surface area contributed by atoms with E-state index in [-0.39, 0.29) is 16.4 Å². The molecular formula is C20H21N3O4S. The number of H-pyrrole nitrogens is 1. The first-order valence-electron chi connectivity index (χ1n) is 8.72. The highest BCUT2D eigenvalue weighted by atomic mass is 32.2. The third-order valence-electron chi connectivity index (χ3n) is 4.46. The van der Waals surface area contributed by atoms with Crippen LogP contribution in [0.4, 0.5) is 5.69 Å². The molecule has 0 spiro atoms. The lowest BCUT2D eigenvalue weighted by Crippen LogP contribution is -2.22. The van der Waals surface area contributed by atoms with E-state index in [4.69, 9.17) is 0 Å². The summed E-state index contributed by atoms with van der Waals surface area (Å²) >= 11 is 0. The van der Waals surface area contributed by atoms with Gasteiger partial charge in [0.2, 0.25) is 15.6 Å². The van der Waals surface area contributed by atoms with Gasteiger partial charge in [0.25, 0.3) is 5.91 Å². The summed E-state index contributed by atoms with van der Waals surface area (Å²) in [5, 5.41) is 3.70. The second-order valence-electron chi connectivity index (χ2n) is 6.54. The number of anilines is 1. The molecule has 0 atom stereocenters. The van der Waals surface area contributed by atoms with E-state index in [1.165, 1.54) is 38.4 Å². The van der Waals surface area contributed by atoms with Crippen molar-refractivity contribution in [2.45, 2.75) is 18.2 Å². The predicted octanol–water partition coefficient (Wildman–Crippen LogP) is 2.59. The topological polar surface area (TPSA) is 99.3 Å². The normalized spacial score (nSPS) is 11.7. The average Bonchev–Trinajstić information content (AvgIpc) is 2.66. The van der Waals surface area contributed by atoms with E-state index in [9.17, 15) is 18.0 Å². The second-order valence-corrected chi connectivity index (χ2v) is 8.69. The molecule has 2 N–H and O–H groups in total. The monoisotopic (exact) mass is 399 g/mol. The zero-order valence-electron chi connectivity index (χ0n) is 15.8. The van der Waals surface area contributed by atoms with E-state index in [1.54, 1.807) is 18.2 Å². The summed E-state index contributed by atoms with van der Waals surface area (Å²) in [4.78, 5) is 27.2. The third-order valence-corrected chi connectivity index (χ3v) is 6.29. The third kappa shape index (κ3) is 3.83. The number of nitrogens with one attached hydrogen (secondary N) is 2. The minimum Gasteiger partial charge on any atom is -0.322 e. The molecular weight excluding hydrogens is 378 g/mol. The number of amides is 1. The maximum Gasteiger partial charge on any atom is 0.255 e. The molecule has 28 heavy (non-hydrogen) atoms. The lowest BCUT2D eigenvalue weighted by molar-refractivity contribution is 0.102. The van der Waals surface area contributed by atoms with Crippen molar-refractivity contribution in [3.63, 3.8) is 0 Å². The van der Waals surface area contributed by atoms with Crippen molar-refractivity contribution in [1.29, 1.82) is 0 Å². The van der Waals surface area contributed by atoms with E-state index >= 15 is 0 Å². The molecule has 2 aromatic carbocycles. The molecule has 146 valence electrons. The van der Waals surface area contributed by atoms with Crippen LogP contribution in [0, 0.1) is 0 Å². The van der Waals surface area contributed by atoms with E-state index < -0.39 is 10.0 Å². The first-order valence-corrected chi connectivity index (χ1v) is 10.2. The van der Waals surface area contributed by atoms with Gasteiger partial charge in [0, 0.05) is 36.8 Å². The highest BCUT2D eigenvalue weighted by Gasteiger charge is 2.17. The molecule has 1 heterocycles. The summed E-state index contributed by atoms with van der Waals surface area (Å²) in [7, 11) is -0.649. The Balaban J connectivity index is 1.86. The van der Waals surface area contributed by atoms with Gasteiger partial charge in [-0.2, -0.15) is 0 Å². The summed E-state index contributed by atoms with van der Waals surface area (Å²) in [6.45, 7) is 1.98. The highest BCUT2D eigenvalue weighted by molar-refractivity contribution is 7.89. The fourth-order valence-electron chi connectivity index (χ4n) is 2.90. The summed E-state index contributed by atoms with van der Waals surface area (Å²) < 4.78 is 25.3. The van der Waals surface area contributed by atoms with Gasteiger partial charge < -0.3 is 10.3 Å². The molecule has 0 saturated heterocycles. The van der Waals surface area contributed by atoms with Crippen molar-refractivity contribution in [1.82, 2.24) is 9.29 Å². The van der Waals surface area contributed by atoms with E-state index in [1.807, 2.05) is 13.0 Å². The molecule has 0 aliphatic heterocycles. The largest absolute Gasteiger partial charge is 0.322 e. The van der Waals surface area contributed by atoms with Crippen molar-refractivity contribution < 1.29 is 13.2 Å². The number of pyridine rings is 1. The van der Waals surface area contributed by atoms with Crippen molar-refractivity contribution in [2.75, 3.05) is 19.4 Å². The maximum absolute atomic E-state index is 12.5. The van der Waals surface area contributed by atoms with Gasteiger partial charge in [0.1, 0.15) is 0 Å². The van der Waals surface area contributed by atoms with Crippen LogP contribution >= 0.6 is 0 Å². The molecule has 0 aliphatic carbocycles. The Morgan fingerprint density at radius 3 is 2.36 bits per heavy atom. The minimum absolute atomic E-state index is 0.115. The number of benzene rings is 2. The summed E-state index contributed by atoms with van der Waals surface area (Å²) in [6, 6.07) is 12.6. The summed E-state index contributed by atoms with van der Waals surface area (Å²) in [5.74, 6) is -0.373. The molecule has 8 heteroatoms. The number of fused-ring (bicyclic) bond motifs is 1. The Morgan fingerprint density at radius 2 is 1.75 bits per heavy atom. The molecule has 0 bridgehead atoms. The Kier molecular flexibility index (Phi) is 5.35. The highest BCUT2D eigenvalue weighted by Crippen LogP contribution is 2.21. The van der Waals surface area contributed by atoms with Crippen LogP contribution in [0.5, 0.6) is 0 Å². The van der Waals surface area contributed by atoms with Crippen LogP contribution in [0.25, 0.3) is 10.9 Å². The SMILES string of the molecule is CCc1cc(=O)[nH]c2cc(NC(=O)c3ccc(S(=O)(=O)N(C)C)cc3)ccc12. The van der Waals surface area contributed by atoms with Gasteiger partial charge >= 0.3 is 0 Å².